The molecule has 7 heteroatoms. The first-order chi connectivity index (χ1) is 10.0. The van der Waals surface area contributed by atoms with E-state index in [-0.39, 0.29) is 12.2 Å². The first-order valence-corrected chi connectivity index (χ1v) is 7.46. The molecule has 5 atom stereocenters. The van der Waals surface area contributed by atoms with E-state index in [0.717, 1.165) is 4.88 Å². The van der Waals surface area contributed by atoms with E-state index in [1.165, 1.54) is 17.4 Å². The average Bonchev–Trinajstić information content (AvgIpc) is 2.99. The van der Waals surface area contributed by atoms with Crippen LogP contribution in [0, 0.1) is 0 Å². The molecule has 0 amide bonds. The number of thiophene rings is 1. The molecule has 0 aliphatic carbocycles. The molecule has 1 aromatic heterocycles. The number of rotatable bonds is 5. The minimum Gasteiger partial charge on any atom is -0.394 e. The van der Waals surface area contributed by atoms with Gasteiger partial charge in [-0.25, -0.2) is 0 Å². The summed E-state index contributed by atoms with van der Waals surface area (Å²) in [5.74, 6) is -0.271. The maximum absolute atomic E-state index is 11.9. The smallest absolute Gasteiger partial charge is 0.158 e. The molecule has 0 aromatic carbocycles. The number of aliphatic hydroxyl groups excluding tert-OH is 4. The SMILES string of the molecule is O=C(/C=C/c1cccs1)C[C@@H]1O[C@H](CO)[C@@H](O)[C@H](O)[C@@H]1O. The van der Waals surface area contributed by atoms with Crippen LogP contribution in [0.3, 0.4) is 0 Å². The van der Waals surface area contributed by atoms with E-state index in [9.17, 15) is 20.1 Å². The summed E-state index contributed by atoms with van der Waals surface area (Å²) in [7, 11) is 0. The molecule has 1 aromatic rings. The molecule has 6 nitrogen and oxygen atoms in total. The van der Waals surface area contributed by atoms with Crippen molar-refractivity contribution >= 4 is 23.2 Å². The summed E-state index contributed by atoms with van der Waals surface area (Å²) in [5, 5.41) is 40.1. The maximum Gasteiger partial charge on any atom is 0.158 e. The van der Waals surface area contributed by atoms with Crippen molar-refractivity contribution in [3.8, 4) is 0 Å². The number of ether oxygens (including phenoxy) is 1. The summed E-state index contributed by atoms with van der Waals surface area (Å²) in [6, 6.07) is 3.73. The minimum absolute atomic E-state index is 0.136. The molecule has 0 radical (unpaired) electrons. The van der Waals surface area contributed by atoms with Crippen molar-refractivity contribution in [2.45, 2.75) is 36.9 Å². The quantitative estimate of drug-likeness (QED) is 0.549. The summed E-state index contributed by atoms with van der Waals surface area (Å²) in [5.41, 5.74) is 0. The van der Waals surface area contributed by atoms with E-state index in [4.69, 9.17) is 9.84 Å². The number of carbonyl (C=O) groups is 1. The van der Waals surface area contributed by atoms with Gasteiger partial charge in [-0.15, -0.1) is 11.3 Å². The molecule has 0 saturated carbocycles. The lowest BCUT2D eigenvalue weighted by atomic mass is 9.92. The van der Waals surface area contributed by atoms with Crippen LogP contribution in [0.1, 0.15) is 11.3 Å². The largest absolute Gasteiger partial charge is 0.394 e. The molecule has 4 N–H and O–H groups in total. The van der Waals surface area contributed by atoms with Gasteiger partial charge in [-0.2, -0.15) is 0 Å². The Bertz CT molecular complexity index is 484. The van der Waals surface area contributed by atoms with E-state index < -0.39 is 37.1 Å². The third-order valence-corrected chi connectivity index (χ3v) is 4.21. The van der Waals surface area contributed by atoms with Crippen LogP contribution in [-0.4, -0.2) is 63.3 Å². The number of ketones is 1. The van der Waals surface area contributed by atoms with Gasteiger partial charge in [0.15, 0.2) is 5.78 Å². The van der Waals surface area contributed by atoms with Crippen molar-refractivity contribution < 1.29 is 30.0 Å². The second kappa shape index (κ2) is 7.26. The van der Waals surface area contributed by atoms with E-state index in [1.807, 2.05) is 17.5 Å². The Labute approximate surface area is 125 Å². The molecule has 2 heterocycles. The van der Waals surface area contributed by atoms with Crippen molar-refractivity contribution in [1.29, 1.82) is 0 Å². The van der Waals surface area contributed by atoms with E-state index in [0.29, 0.717) is 0 Å². The van der Waals surface area contributed by atoms with Crippen LogP contribution in [-0.2, 0) is 9.53 Å². The molecule has 1 fully saturated rings. The molecular weight excluding hydrogens is 296 g/mol. The second-order valence-electron chi connectivity index (χ2n) is 4.89. The summed E-state index contributed by atoms with van der Waals surface area (Å²) < 4.78 is 5.28. The van der Waals surface area contributed by atoms with Gasteiger partial charge in [-0.3, -0.25) is 4.79 Å². The molecule has 116 valence electrons. The van der Waals surface area contributed by atoms with Gasteiger partial charge >= 0.3 is 0 Å². The predicted molar refractivity (Wildman–Crippen MR) is 76.7 cm³/mol. The Morgan fingerprint density at radius 3 is 2.57 bits per heavy atom. The summed E-state index contributed by atoms with van der Waals surface area (Å²) in [6.45, 7) is -0.499. The van der Waals surface area contributed by atoms with Gasteiger partial charge in [0.1, 0.15) is 24.4 Å². The van der Waals surface area contributed by atoms with Gasteiger partial charge < -0.3 is 25.2 Å². The van der Waals surface area contributed by atoms with Crippen LogP contribution in [0.5, 0.6) is 0 Å². The monoisotopic (exact) mass is 314 g/mol. The topological polar surface area (TPSA) is 107 Å². The molecule has 1 aliphatic rings. The average molecular weight is 314 g/mol. The van der Waals surface area contributed by atoms with Gasteiger partial charge in [-0.05, 0) is 23.6 Å². The molecule has 0 unspecified atom stereocenters. The zero-order chi connectivity index (χ0) is 15.4. The van der Waals surface area contributed by atoms with Gasteiger partial charge in [0.25, 0.3) is 0 Å². The Morgan fingerprint density at radius 2 is 1.95 bits per heavy atom. The fourth-order valence-electron chi connectivity index (χ4n) is 2.17. The Balaban J connectivity index is 1.96. The normalized spacial score (nSPS) is 33.4. The highest BCUT2D eigenvalue weighted by Crippen LogP contribution is 2.23. The first-order valence-electron chi connectivity index (χ1n) is 6.58. The number of aliphatic hydroxyl groups is 4. The maximum atomic E-state index is 11.9. The van der Waals surface area contributed by atoms with Gasteiger partial charge in [0, 0.05) is 11.3 Å². The highest BCUT2D eigenvalue weighted by atomic mass is 32.1. The van der Waals surface area contributed by atoms with Crippen LogP contribution >= 0.6 is 11.3 Å². The van der Waals surface area contributed by atoms with Crippen LogP contribution < -0.4 is 0 Å². The minimum atomic E-state index is -1.45. The van der Waals surface area contributed by atoms with E-state index in [1.54, 1.807) is 6.08 Å². The van der Waals surface area contributed by atoms with E-state index >= 15 is 0 Å². The van der Waals surface area contributed by atoms with Gasteiger partial charge in [0.2, 0.25) is 0 Å². The van der Waals surface area contributed by atoms with Crippen molar-refractivity contribution in [2.24, 2.45) is 0 Å². The molecule has 21 heavy (non-hydrogen) atoms. The lowest BCUT2D eigenvalue weighted by Gasteiger charge is -2.39. The van der Waals surface area contributed by atoms with Crippen LogP contribution in [0.2, 0.25) is 0 Å². The molecule has 1 aliphatic heterocycles. The zero-order valence-electron chi connectivity index (χ0n) is 11.2. The second-order valence-corrected chi connectivity index (χ2v) is 5.87. The molecule has 1 saturated heterocycles. The number of carbonyl (C=O) groups excluding carboxylic acids is 1. The van der Waals surface area contributed by atoms with Gasteiger partial charge in [0.05, 0.1) is 12.7 Å². The lowest BCUT2D eigenvalue weighted by Crippen LogP contribution is -2.58. The lowest BCUT2D eigenvalue weighted by molar-refractivity contribution is -0.229. The number of hydrogen-bond donors (Lipinski definition) is 4. The third kappa shape index (κ3) is 3.97. The Morgan fingerprint density at radius 1 is 1.24 bits per heavy atom. The molecule has 2 rings (SSSR count). The summed E-state index contributed by atoms with van der Waals surface area (Å²) in [4.78, 5) is 12.8. The molecule has 0 bridgehead atoms. The molecular formula is C14H18O6S. The first kappa shape index (κ1) is 16.3. The fraction of sp³-hybridized carbons (Fsp3) is 0.500. The van der Waals surface area contributed by atoms with Crippen molar-refractivity contribution in [3.05, 3.63) is 28.5 Å². The summed E-state index contributed by atoms with van der Waals surface area (Å²) >= 11 is 1.49. The Kier molecular flexibility index (Phi) is 5.63. The van der Waals surface area contributed by atoms with E-state index in [2.05, 4.69) is 0 Å². The predicted octanol–water partition coefficient (Wildman–Crippen LogP) is -0.437. The highest BCUT2D eigenvalue weighted by Gasteiger charge is 2.43. The van der Waals surface area contributed by atoms with Crippen LogP contribution in [0.25, 0.3) is 6.08 Å². The number of hydrogen-bond acceptors (Lipinski definition) is 7. The van der Waals surface area contributed by atoms with Crippen LogP contribution in [0.15, 0.2) is 23.6 Å². The molecule has 0 spiro atoms. The van der Waals surface area contributed by atoms with Crippen molar-refractivity contribution in [3.63, 3.8) is 0 Å². The fourth-order valence-corrected chi connectivity index (χ4v) is 2.79. The van der Waals surface area contributed by atoms with Crippen LogP contribution in [0.4, 0.5) is 0 Å². The van der Waals surface area contributed by atoms with Crippen molar-refractivity contribution in [1.82, 2.24) is 0 Å². The number of allylic oxidation sites excluding steroid dienone is 1. The third-order valence-electron chi connectivity index (χ3n) is 3.37. The standard InChI is InChI=1S/C14H18O6S/c15-7-11-13(18)14(19)12(17)10(20-11)6-8(16)3-4-9-2-1-5-21-9/h1-5,10-15,17-19H,6-7H2/b4-3+/t10-,11+,12+,13+,14+/m0/s1. The zero-order valence-corrected chi connectivity index (χ0v) is 12.0. The Hall–Kier alpha value is -1.09. The summed E-state index contributed by atoms with van der Waals surface area (Å²) in [6.07, 6.45) is -3.26. The van der Waals surface area contributed by atoms with Crippen molar-refractivity contribution in [2.75, 3.05) is 6.61 Å². The highest BCUT2D eigenvalue weighted by molar-refractivity contribution is 7.10. The van der Waals surface area contributed by atoms with Gasteiger partial charge in [-0.1, -0.05) is 6.07 Å².